The predicted octanol–water partition coefficient (Wildman–Crippen LogP) is 13.1. The molecule has 230 valence electrons. The van der Waals surface area contributed by atoms with Crippen LogP contribution in [0.5, 0.6) is 0 Å². The van der Waals surface area contributed by atoms with Crippen LogP contribution in [0.1, 0.15) is 22.3 Å². The van der Waals surface area contributed by atoms with Crippen LogP contribution in [0.4, 0.5) is 17.1 Å². The Hall–Kier alpha value is -5.70. The number of para-hydroxylation sites is 1. The van der Waals surface area contributed by atoms with E-state index in [9.17, 15) is 0 Å². The molecule has 0 saturated carbocycles. The lowest BCUT2D eigenvalue weighted by Crippen LogP contribution is -2.26. The lowest BCUT2D eigenvalue weighted by Gasteiger charge is -2.33. The summed E-state index contributed by atoms with van der Waals surface area (Å²) in [5.74, 6) is 0. The fraction of sp³-hybridized carbons (Fsp3) is 0.0213. The molecule has 10 rings (SSSR count). The number of hydrogen-bond donors (Lipinski definition) is 0. The monoisotopic (exact) mass is 687 g/mol. The number of rotatable bonds is 4. The van der Waals surface area contributed by atoms with Gasteiger partial charge in [-0.3, -0.25) is 0 Å². The predicted molar refractivity (Wildman–Crippen MR) is 208 cm³/mol. The van der Waals surface area contributed by atoms with E-state index in [2.05, 4.69) is 203 Å². The van der Waals surface area contributed by atoms with Gasteiger partial charge < -0.3 is 4.90 Å². The summed E-state index contributed by atoms with van der Waals surface area (Å²) in [5, 5.41) is 2.44. The molecule has 0 saturated heterocycles. The highest BCUT2D eigenvalue weighted by Gasteiger charge is 2.51. The fourth-order valence-corrected chi connectivity index (χ4v) is 8.87. The van der Waals surface area contributed by atoms with Gasteiger partial charge in [-0.1, -0.05) is 149 Å². The van der Waals surface area contributed by atoms with Crippen molar-refractivity contribution in [2.75, 3.05) is 4.90 Å². The first-order chi connectivity index (χ1) is 24.2. The van der Waals surface area contributed by atoms with Gasteiger partial charge in [0, 0.05) is 21.4 Å². The summed E-state index contributed by atoms with van der Waals surface area (Å²) in [7, 11) is 0. The average molecular weight is 689 g/mol. The number of anilines is 3. The van der Waals surface area contributed by atoms with Gasteiger partial charge in [0.1, 0.15) is 0 Å². The molecule has 2 aliphatic rings. The second-order valence-corrected chi connectivity index (χ2v) is 13.9. The molecular weight excluding hydrogens is 658 g/mol. The second kappa shape index (κ2) is 10.9. The fourth-order valence-electron chi connectivity index (χ4n) is 8.51. The SMILES string of the molecule is Brc1ccc2c(c1)C1(c3ccccc3-2)c2ccccc2-c2ccc(N(c3ccccc3)c3cc4ccccc4cc3-c3ccccc3)cc21. The van der Waals surface area contributed by atoms with Crippen LogP contribution in [0.2, 0.25) is 0 Å². The number of halogens is 1. The van der Waals surface area contributed by atoms with Crippen molar-refractivity contribution in [1.82, 2.24) is 0 Å². The quantitative estimate of drug-likeness (QED) is 0.178. The van der Waals surface area contributed by atoms with Gasteiger partial charge in [-0.2, -0.15) is 0 Å². The molecule has 0 fully saturated rings. The van der Waals surface area contributed by atoms with Gasteiger partial charge >= 0.3 is 0 Å². The van der Waals surface area contributed by atoms with Crippen LogP contribution < -0.4 is 4.90 Å². The third-order valence-electron chi connectivity index (χ3n) is 10.5. The second-order valence-electron chi connectivity index (χ2n) is 13.0. The molecular formula is C47H30BrN. The number of nitrogens with zero attached hydrogens (tertiary/aromatic N) is 1. The summed E-state index contributed by atoms with van der Waals surface area (Å²) < 4.78 is 1.09. The highest BCUT2D eigenvalue weighted by molar-refractivity contribution is 9.10. The van der Waals surface area contributed by atoms with E-state index in [1.165, 1.54) is 66.4 Å². The molecule has 0 aliphatic heterocycles. The summed E-state index contributed by atoms with van der Waals surface area (Å²) in [6.07, 6.45) is 0. The number of benzene rings is 8. The highest BCUT2D eigenvalue weighted by Crippen LogP contribution is 2.63. The minimum Gasteiger partial charge on any atom is -0.310 e. The molecule has 1 nitrogen and oxygen atoms in total. The smallest absolute Gasteiger partial charge is 0.0726 e. The van der Waals surface area contributed by atoms with E-state index in [0.717, 1.165) is 21.5 Å². The maximum Gasteiger partial charge on any atom is 0.0726 e. The van der Waals surface area contributed by atoms with Crippen molar-refractivity contribution in [1.29, 1.82) is 0 Å². The molecule has 2 heteroatoms. The van der Waals surface area contributed by atoms with Gasteiger partial charge in [-0.05, 0) is 109 Å². The average Bonchev–Trinajstić information content (AvgIpc) is 3.62. The first-order valence-electron chi connectivity index (χ1n) is 16.8. The Bertz CT molecular complexity index is 2560. The summed E-state index contributed by atoms with van der Waals surface area (Å²) in [6, 6.07) is 67.0. The van der Waals surface area contributed by atoms with Crippen molar-refractivity contribution in [3.8, 4) is 33.4 Å². The molecule has 1 atom stereocenters. The molecule has 0 bridgehead atoms. The van der Waals surface area contributed by atoms with E-state index < -0.39 is 5.41 Å². The normalized spacial score (nSPS) is 15.1. The lowest BCUT2D eigenvalue weighted by atomic mass is 9.70. The zero-order chi connectivity index (χ0) is 32.5. The molecule has 0 N–H and O–H groups in total. The molecule has 2 aliphatic carbocycles. The van der Waals surface area contributed by atoms with E-state index in [1.54, 1.807) is 0 Å². The Labute approximate surface area is 294 Å². The van der Waals surface area contributed by atoms with Crippen LogP contribution >= 0.6 is 15.9 Å². The van der Waals surface area contributed by atoms with Crippen LogP contribution in [-0.2, 0) is 5.41 Å². The van der Waals surface area contributed by atoms with Gasteiger partial charge in [-0.25, -0.2) is 0 Å². The molecule has 1 unspecified atom stereocenters. The van der Waals surface area contributed by atoms with Crippen molar-refractivity contribution < 1.29 is 0 Å². The van der Waals surface area contributed by atoms with Crippen molar-refractivity contribution in [2.45, 2.75) is 5.41 Å². The lowest BCUT2D eigenvalue weighted by molar-refractivity contribution is 0.793. The maximum absolute atomic E-state index is 3.86. The van der Waals surface area contributed by atoms with E-state index in [0.29, 0.717) is 0 Å². The van der Waals surface area contributed by atoms with Crippen LogP contribution in [0, 0.1) is 0 Å². The molecule has 49 heavy (non-hydrogen) atoms. The standard InChI is InChI=1S/C47H30BrN/c48-34-23-25-39-37-19-9-11-21-42(37)47(44(39)29-34)43-22-12-10-20-38(43)40-26-24-36(30-45(40)47)49(35-17-5-2-6-18-35)46-28-33-16-8-7-15-32(33)27-41(46)31-13-3-1-4-14-31/h1-30H. The maximum atomic E-state index is 3.86. The number of fused-ring (bicyclic) bond motifs is 11. The van der Waals surface area contributed by atoms with E-state index in [4.69, 9.17) is 0 Å². The summed E-state index contributed by atoms with van der Waals surface area (Å²) in [4.78, 5) is 2.45. The van der Waals surface area contributed by atoms with E-state index in [1.807, 2.05) is 0 Å². The first-order valence-corrected chi connectivity index (χ1v) is 17.6. The van der Waals surface area contributed by atoms with Crippen molar-refractivity contribution in [3.05, 3.63) is 209 Å². The van der Waals surface area contributed by atoms with Crippen LogP contribution in [-0.4, -0.2) is 0 Å². The zero-order valence-corrected chi connectivity index (χ0v) is 28.2. The minimum absolute atomic E-state index is 0.439. The Balaban J connectivity index is 1.29. The molecule has 8 aromatic carbocycles. The summed E-state index contributed by atoms with van der Waals surface area (Å²) in [5.41, 5.74) is 15.9. The Morgan fingerprint density at radius 3 is 1.59 bits per heavy atom. The van der Waals surface area contributed by atoms with Crippen LogP contribution in [0.3, 0.4) is 0 Å². The Kier molecular flexibility index (Phi) is 6.31. The minimum atomic E-state index is -0.439. The third-order valence-corrected chi connectivity index (χ3v) is 11.0. The third kappa shape index (κ3) is 4.11. The van der Waals surface area contributed by atoms with Crippen molar-refractivity contribution in [3.63, 3.8) is 0 Å². The largest absolute Gasteiger partial charge is 0.310 e. The van der Waals surface area contributed by atoms with E-state index in [-0.39, 0.29) is 0 Å². The Morgan fingerprint density at radius 2 is 0.898 bits per heavy atom. The molecule has 0 aromatic heterocycles. The Morgan fingerprint density at radius 1 is 0.367 bits per heavy atom. The molecule has 0 heterocycles. The van der Waals surface area contributed by atoms with Crippen LogP contribution in [0.25, 0.3) is 44.2 Å². The molecule has 8 aromatic rings. The summed E-state index contributed by atoms with van der Waals surface area (Å²) >= 11 is 3.86. The topological polar surface area (TPSA) is 3.24 Å². The van der Waals surface area contributed by atoms with Gasteiger partial charge in [0.25, 0.3) is 0 Å². The number of hydrogen-bond acceptors (Lipinski definition) is 1. The van der Waals surface area contributed by atoms with Gasteiger partial charge in [-0.15, -0.1) is 0 Å². The van der Waals surface area contributed by atoms with Crippen molar-refractivity contribution in [2.24, 2.45) is 0 Å². The molecule has 1 spiro atoms. The van der Waals surface area contributed by atoms with E-state index >= 15 is 0 Å². The van der Waals surface area contributed by atoms with Gasteiger partial charge in [0.05, 0.1) is 11.1 Å². The van der Waals surface area contributed by atoms with Gasteiger partial charge in [0.15, 0.2) is 0 Å². The zero-order valence-electron chi connectivity index (χ0n) is 26.6. The highest BCUT2D eigenvalue weighted by atomic mass is 79.9. The summed E-state index contributed by atoms with van der Waals surface area (Å²) in [6.45, 7) is 0. The first kappa shape index (κ1) is 28.3. The van der Waals surface area contributed by atoms with Crippen LogP contribution in [0.15, 0.2) is 186 Å². The van der Waals surface area contributed by atoms with Crippen molar-refractivity contribution >= 4 is 43.8 Å². The van der Waals surface area contributed by atoms with Gasteiger partial charge in [0.2, 0.25) is 0 Å². The molecule has 0 amide bonds. The molecule has 0 radical (unpaired) electrons.